The summed E-state index contributed by atoms with van der Waals surface area (Å²) in [5.41, 5.74) is 3.41. The lowest BCUT2D eigenvalue weighted by Gasteiger charge is -2.34. The van der Waals surface area contributed by atoms with Crippen LogP contribution in [0.5, 0.6) is 0 Å². The largest absolute Gasteiger partial charge is 0.444 e. The molecule has 0 spiro atoms. The third-order valence-corrected chi connectivity index (χ3v) is 10.7. The molecule has 2 N–H and O–H groups in total. The Labute approximate surface area is 292 Å². The van der Waals surface area contributed by atoms with Crippen molar-refractivity contribution in [1.82, 2.24) is 34.4 Å². The first-order chi connectivity index (χ1) is 23.3. The fourth-order valence-corrected chi connectivity index (χ4v) is 6.66. The number of imidazole rings is 1. The average molecular weight is 689 g/mol. The number of nitrogens with zero attached hydrogens (tertiary/aromatic N) is 6. The monoisotopic (exact) mass is 688 g/mol. The van der Waals surface area contributed by atoms with E-state index in [9.17, 15) is 4.79 Å². The molecule has 11 nitrogen and oxygen atoms in total. The number of nitrogens with one attached hydrogen (secondary N) is 2. The van der Waals surface area contributed by atoms with Crippen LogP contribution in [0.3, 0.4) is 0 Å². The molecule has 0 radical (unpaired) electrons. The molecule has 1 amide bonds. The number of hydrogen-bond donors (Lipinski definition) is 2. The molecule has 4 heterocycles. The molecule has 1 unspecified atom stereocenters. The van der Waals surface area contributed by atoms with Gasteiger partial charge < -0.3 is 29.6 Å². The lowest BCUT2D eigenvalue weighted by molar-refractivity contribution is 0.0184. The number of aromatic nitrogens is 5. The number of carbonyl (C=O) groups is 1. The number of likely N-dealkylation sites (tertiary alicyclic amines) is 1. The summed E-state index contributed by atoms with van der Waals surface area (Å²) in [7, 11) is -1.13. The van der Waals surface area contributed by atoms with Crippen LogP contribution in [0.2, 0.25) is 25.7 Å². The van der Waals surface area contributed by atoms with E-state index in [1.54, 1.807) is 0 Å². The minimum Gasteiger partial charge on any atom is -0.444 e. The highest BCUT2D eigenvalue weighted by Crippen LogP contribution is 2.28. The number of ether oxygens (including phenoxy) is 2. The maximum Gasteiger partial charge on any atom is 0.410 e. The lowest BCUT2D eigenvalue weighted by atomic mass is 9.96. The molecule has 266 valence electrons. The summed E-state index contributed by atoms with van der Waals surface area (Å²) in [6.07, 6.45) is 9.39. The minimum absolute atomic E-state index is 0.200. The van der Waals surface area contributed by atoms with Crippen molar-refractivity contribution >= 4 is 25.6 Å². The molecule has 0 bridgehead atoms. The third kappa shape index (κ3) is 10.4. The molecule has 1 fully saturated rings. The SMILES string of the molecule is CC(C)C(CNCC1CCN(C(=O)OC(C)(C)C)CC1)Nc1ccn2ncc(-c3ccc(-c4nccn4COCC[Si](C)(C)C)cc3)c2n1. The number of amides is 1. The minimum atomic E-state index is -1.13. The number of anilines is 1. The van der Waals surface area contributed by atoms with Crippen molar-refractivity contribution < 1.29 is 14.3 Å². The quantitative estimate of drug-likeness (QED) is 0.105. The lowest BCUT2D eigenvalue weighted by Crippen LogP contribution is -2.44. The molecular formula is C37H56N8O3Si. The molecule has 3 aromatic heterocycles. The van der Waals surface area contributed by atoms with E-state index in [-0.39, 0.29) is 12.1 Å². The number of rotatable bonds is 14. The van der Waals surface area contributed by atoms with Gasteiger partial charge in [0.2, 0.25) is 0 Å². The molecule has 5 rings (SSSR count). The Kier molecular flexibility index (Phi) is 11.8. The first-order valence-corrected chi connectivity index (χ1v) is 21.5. The highest BCUT2D eigenvalue weighted by molar-refractivity contribution is 6.76. The summed E-state index contributed by atoms with van der Waals surface area (Å²) in [6, 6.07) is 11.8. The average Bonchev–Trinajstić information content (AvgIpc) is 3.69. The first-order valence-electron chi connectivity index (χ1n) is 17.7. The fraction of sp³-hybridized carbons (Fsp3) is 0.568. The Hall–Kier alpha value is -3.74. The molecule has 1 aromatic carbocycles. The molecule has 12 heteroatoms. The van der Waals surface area contributed by atoms with Crippen LogP contribution in [0.4, 0.5) is 10.6 Å². The summed E-state index contributed by atoms with van der Waals surface area (Å²) in [6.45, 7) is 21.8. The van der Waals surface area contributed by atoms with Crippen LogP contribution in [0.25, 0.3) is 28.2 Å². The van der Waals surface area contributed by atoms with Crippen molar-refractivity contribution in [3.05, 3.63) is 55.1 Å². The van der Waals surface area contributed by atoms with Crippen molar-refractivity contribution in [3.8, 4) is 22.5 Å². The van der Waals surface area contributed by atoms with E-state index in [2.05, 4.69) is 83.0 Å². The van der Waals surface area contributed by atoms with Crippen molar-refractivity contribution in [3.63, 3.8) is 0 Å². The summed E-state index contributed by atoms with van der Waals surface area (Å²) < 4.78 is 15.4. The van der Waals surface area contributed by atoms with Gasteiger partial charge in [-0.2, -0.15) is 5.10 Å². The number of piperidine rings is 1. The number of fused-ring (bicyclic) bond motifs is 1. The Morgan fingerprint density at radius 1 is 1.04 bits per heavy atom. The van der Waals surface area contributed by atoms with Gasteiger partial charge in [0.05, 0.1) is 6.20 Å². The van der Waals surface area contributed by atoms with Crippen LogP contribution in [0, 0.1) is 11.8 Å². The van der Waals surface area contributed by atoms with E-state index in [0.717, 1.165) is 85.7 Å². The van der Waals surface area contributed by atoms with Gasteiger partial charge >= 0.3 is 6.09 Å². The van der Waals surface area contributed by atoms with Crippen LogP contribution in [-0.2, 0) is 16.2 Å². The second-order valence-electron chi connectivity index (χ2n) is 15.8. The predicted molar refractivity (Wildman–Crippen MR) is 199 cm³/mol. The van der Waals surface area contributed by atoms with E-state index < -0.39 is 13.7 Å². The van der Waals surface area contributed by atoms with Gasteiger partial charge in [0.1, 0.15) is 24.0 Å². The maximum atomic E-state index is 12.4. The van der Waals surface area contributed by atoms with Gasteiger partial charge in [0, 0.05) is 70.1 Å². The summed E-state index contributed by atoms with van der Waals surface area (Å²) in [5, 5.41) is 12.0. The van der Waals surface area contributed by atoms with E-state index >= 15 is 0 Å². The zero-order chi connectivity index (χ0) is 35.2. The van der Waals surface area contributed by atoms with Crippen molar-refractivity contribution in [1.29, 1.82) is 0 Å². The smallest absolute Gasteiger partial charge is 0.410 e. The van der Waals surface area contributed by atoms with Gasteiger partial charge in [-0.15, -0.1) is 0 Å². The number of hydrogen-bond acceptors (Lipinski definition) is 8. The topological polar surface area (TPSA) is 111 Å². The Bertz CT molecular complexity index is 1650. The predicted octanol–water partition coefficient (Wildman–Crippen LogP) is 7.25. The molecule has 4 aromatic rings. The second-order valence-corrected chi connectivity index (χ2v) is 21.5. The highest BCUT2D eigenvalue weighted by atomic mass is 28.3. The number of benzene rings is 1. The highest BCUT2D eigenvalue weighted by Gasteiger charge is 2.27. The standard InChI is InChI=1S/C37H56N8O3Si/c1-27(2)32(25-38-23-28-13-17-43(18-14-28)36(46)48-37(3,4)5)41-33-15-19-45-35(42-33)31(24-40-45)29-9-11-30(12-10-29)34-39-16-20-44(34)26-47-21-22-49(6,7)8/h9-12,15-16,19-20,24,27-28,32,38H,13-14,17-18,21-23,25-26H2,1-8H3,(H,41,42). The van der Waals surface area contributed by atoms with Crippen molar-refractivity contribution in [2.45, 2.75) is 91.5 Å². The van der Waals surface area contributed by atoms with Crippen LogP contribution in [0.1, 0.15) is 47.5 Å². The van der Waals surface area contributed by atoms with Crippen LogP contribution in [0.15, 0.2) is 55.1 Å². The van der Waals surface area contributed by atoms with Crippen LogP contribution >= 0.6 is 0 Å². The second kappa shape index (κ2) is 15.9. The van der Waals surface area contributed by atoms with Crippen molar-refractivity contribution in [2.24, 2.45) is 11.8 Å². The summed E-state index contributed by atoms with van der Waals surface area (Å²) >= 11 is 0. The van der Waals surface area contributed by atoms with E-state index in [1.807, 2.05) is 61.0 Å². The Morgan fingerprint density at radius 2 is 1.76 bits per heavy atom. The van der Waals surface area contributed by atoms with E-state index in [1.165, 1.54) is 0 Å². The Balaban J connectivity index is 1.17. The van der Waals surface area contributed by atoms with E-state index in [0.29, 0.717) is 18.6 Å². The molecular weight excluding hydrogens is 633 g/mol. The van der Waals surface area contributed by atoms with E-state index in [4.69, 9.17) is 14.5 Å². The zero-order valence-corrected chi connectivity index (χ0v) is 31.7. The molecule has 1 aliphatic heterocycles. The zero-order valence-electron chi connectivity index (χ0n) is 30.7. The van der Waals surface area contributed by atoms with Crippen LogP contribution in [-0.4, -0.2) is 87.6 Å². The molecule has 0 aliphatic carbocycles. The molecule has 1 atom stereocenters. The molecule has 1 saturated heterocycles. The van der Waals surface area contributed by atoms with Gasteiger partial charge in [-0.25, -0.2) is 19.3 Å². The van der Waals surface area contributed by atoms with Gasteiger partial charge in [-0.3, -0.25) is 0 Å². The van der Waals surface area contributed by atoms with Crippen molar-refractivity contribution in [2.75, 3.05) is 38.1 Å². The van der Waals surface area contributed by atoms with Crippen LogP contribution < -0.4 is 10.6 Å². The van der Waals surface area contributed by atoms with Gasteiger partial charge in [0.15, 0.2) is 5.65 Å². The molecule has 49 heavy (non-hydrogen) atoms. The maximum absolute atomic E-state index is 12.4. The first kappa shape index (κ1) is 36.5. The van der Waals surface area contributed by atoms with Gasteiger partial charge in [-0.1, -0.05) is 57.8 Å². The fourth-order valence-electron chi connectivity index (χ4n) is 5.90. The number of carbonyl (C=O) groups excluding carboxylic acids is 1. The van der Waals surface area contributed by atoms with Gasteiger partial charge in [-0.05, 0) is 69.7 Å². The molecule has 1 aliphatic rings. The third-order valence-electron chi connectivity index (χ3n) is 8.97. The summed E-state index contributed by atoms with van der Waals surface area (Å²) in [4.78, 5) is 23.9. The normalized spacial score (nSPS) is 15.2. The summed E-state index contributed by atoms with van der Waals surface area (Å²) in [5.74, 6) is 2.65. The Morgan fingerprint density at radius 3 is 2.43 bits per heavy atom. The van der Waals surface area contributed by atoms with Gasteiger partial charge in [0.25, 0.3) is 0 Å². The molecule has 0 saturated carbocycles.